The molecule has 0 atom stereocenters. The van der Waals surface area contributed by atoms with Crippen LogP contribution < -0.4 is 0 Å². The minimum atomic E-state index is 0.921. The van der Waals surface area contributed by atoms with Crippen molar-refractivity contribution in [1.29, 1.82) is 0 Å². The molecule has 0 saturated heterocycles. The second-order valence-corrected chi connectivity index (χ2v) is 10.3. The fourth-order valence-electron chi connectivity index (χ4n) is 6.82. The average molecular weight is 462 g/mol. The largest absolute Gasteiger partial charge is 0.312 e. The lowest BCUT2D eigenvalue weighted by Crippen LogP contribution is -2.01. The Labute approximate surface area is 211 Å². The maximum Gasteiger partial charge on any atom is 0.0622 e. The van der Waals surface area contributed by atoms with Crippen LogP contribution in [0.5, 0.6) is 0 Å². The van der Waals surface area contributed by atoms with Gasteiger partial charge in [0, 0.05) is 39.5 Å². The van der Waals surface area contributed by atoms with Crippen LogP contribution in [0.2, 0.25) is 0 Å². The number of nitrogens with zero attached hydrogens (tertiary/aromatic N) is 1. The lowest BCUT2D eigenvalue weighted by Gasteiger charge is -2.20. The third-order valence-electron chi connectivity index (χ3n) is 8.31. The van der Waals surface area contributed by atoms with E-state index in [0.717, 1.165) is 6.42 Å². The first-order chi connectivity index (χ1) is 17.9. The Morgan fingerprint density at radius 1 is 0.694 bits per heavy atom. The van der Waals surface area contributed by atoms with Gasteiger partial charge < -0.3 is 4.57 Å². The molecular weight excluding hydrogens is 434 g/mol. The van der Waals surface area contributed by atoms with Gasteiger partial charge in [-0.05, 0) is 76.6 Å². The summed E-state index contributed by atoms with van der Waals surface area (Å²) in [6.45, 7) is 0. The Balaban J connectivity index is 1.64. The highest BCUT2D eigenvalue weighted by Gasteiger charge is 2.24. The lowest BCUT2D eigenvalue weighted by atomic mass is 9.84. The predicted molar refractivity (Wildman–Crippen MR) is 155 cm³/mol. The van der Waals surface area contributed by atoms with Gasteiger partial charge in [-0.25, -0.2) is 0 Å². The van der Waals surface area contributed by atoms with Crippen LogP contribution in [0.3, 0.4) is 0 Å². The zero-order valence-corrected chi connectivity index (χ0v) is 20.3. The van der Waals surface area contributed by atoms with E-state index in [9.17, 15) is 0 Å². The third-order valence-corrected chi connectivity index (χ3v) is 8.31. The number of rotatable bonds is 2. The van der Waals surface area contributed by atoms with Gasteiger partial charge in [0.15, 0.2) is 0 Å². The van der Waals surface area contributed by atoms with Gasteiger partial charge in [0.05, 0.1) is 5.52 Å². The summed E-state index contributed by atoms with van der Waals surface area (Å²) in [5.74, 6) is 0. The standard InChI is InChI=1S/C35H27N/c1-4-12-23(13-5-1)30-22-24-14-10-19-28-32(24)33-26(30)18-11-20-29(33)35-34(28)27-17-8-3-9-21-31(27)36(35)25-15-6-2-7-16-25/h2-3,6-12,14-20,22H,1,4-5,13,21H2. The summed E-state index contributed by atoms with van der Waals surface area (Å²) in [4.78, 5) is 0. The molecule has 1 heterocycles. The average Bonchev–Trinajstić information content (AvgIpc) is 3.08. The summed E-state index contributed by atoms with van der Waals surface area (Å²) in [5.41, 5.74) is 8.26. The summed E-state index contributed by atoms with van der Waals surface area (Å²) < 4.78 is 2.54. The van der Waals surface area contributed by atoms with Gasteiger partial charge in [0.2, 0.25) is 0 Å². The summed E-state index contributed by atoms with van der Waals surface area (Å²) in [6.07, 6.45) is 17.4. The van der Waals surface area contributed by atoms with Gasteiger partial charge in [-0.3, -0.25) is 0 Å². The van der Waals surface area contributed by atoms with Crippen molar-refractivity contribution < 1.29 is 0 Å². The lowest BCUT2D eigenvalue weighted by molar-refractivity contribution is 0.742. The van der Waals surface area contributed by atoms with Gasteiger partial charge >= 0.3 is 0 Å². The number of fused-ring (bicyclic) bond motifs is 5. The molecule has 0 fully saturated rings. The summed E-state index contributed by atoms with van der Waals surface area (Å²) in [6, 6.07) is 27.3. The van der Waals surface area contributed by atoms with Crippen molar-refractivity contribution in [1.82, 2.24) is 4.57 Å². The molecule has 0 bridgehead atoms. The SMILES string of the molecule is C1=CCc2c(c3c4cccc5cc(C6=CCCCC6)c6cccc(c6c54)c3n2-c2ccccc2)C=C1. The van der Waals surface area contributed by atoms with E-state index in [1.54, 1.807) is 0 Å². The molecule has 5 aromatic carbocycles. The first-order valence-corrected chi connectivity index (χ1v) is 13.2. The van der Waals surface area contributed by atoms with Crippen LogP contribution in [0.1, 0.15) is 42.5 Å². The summed E-state index contributed by atoms with van der Waals surface area (Å²) in [5, 5.41) is 9.70. The molecular formula is C35H27N. The predicted octanol–water partition coefficient (Wildman–Crippen LogP) is 9.61. The molecule has 8 rings (SSSR count). The van der Waals surface area contributed by atoms with Crippen molar-refractivity contribution in [2.75, 3.05) is 0 Å². The van der Waals surface area contributed by atoms with Crippen LogP contribution in [0, 0.1) is 0 Å². The van der Waals surface area contributed by atoms with Crippen LogP contribution in [0.4, 0.5) is 0 Å². The Bertz CT molecular complexity index is 1890. The molecule has 0 radical (unpaired) electrons. The second kappa shape index (κ2) is 7.70. The Hall–Kier alpha value is -4.10. The molecule has 1 aromatic heterocycles. The number of aromatic nitrogens is 1. The molecule has 0 saturated carbocycles. The molecule has 172 valence electrons. The minimum Gasteiger partial charge on any atom is -0.312 e. The van der Waals surface area contributed by atoms with E-state index >= 15 is 0 Å². The normalized spacial score (nSPS) is 15.7. The van der Waals surface area contributed by atoms with Crippen LogP contribution in [0.25, 0.3) is 60.6 Å². The van der Waals surface area contributed by atoms with E-state index in [1.807, 2.05) is 0 Å². The molecule has 6 aromatic rings. The quantitative estimate of drug-likeness (QED) is 0.226. The van der Waals surface area contributed by atoms with Gasteiger partial charge in [0.1, 0.15) is 0 Å². The number of hydrogen-bond acceptors (Lipinski definition) is 0. The first kappa shape index (κ1) is 20.1. The van der Waals surface area contributed by atoms with E-state index < -0.39 is 0 Å². The van der Waals surface area contributed by atoms with Crippen LogP contribution in [-0.4, -0.2) is 4.57 Å². The zero-order chi connectivity index (χ0) is 23.6. The van der Waals surface area contributed by atoms with Crippen molar-refractivity contribution in [3.8, 4) is 5.69 Å². The van der Waals surface area contributed by atoms with Crippen LogP contribution in [0.15, 0.2) is 97.1 Å². The van der Waals surface area contributed by atoms with Gasteiger partial charge in [0.25, 0.3) is 0 Å². The van der Waals surface area contributed by atoms with Crippen LogP contribution >= 0.6 is 0 Å². The van der Waals surface area contributed by atoms with Crippen molar-refractivity contribution in [3.05, 3.63) is 114 Å². The molecule has 0 unspecified atom stereocenters. The van der Waals surface area contributed by atoms with Crippen LogP contribution in [-0.2, 0) is 6.42 Å². The van der Waals surface area contributed by atoms with E-state index in [1.165, 1.54) is 97.0 Å². The van der Waals surface area contributed by atoms with E-state index in [0.29, 0.717) is 0 Å². The monoisotopic (exact) mass is 461 g/mol. The number of benzene rings is 5. The van der Waals surface area contributed by atoms with Gasteiger partial charge in [-0.1, -0.05) is 85.0 Å². The first-order valence-electron chi connectivity index (χ1n) is 13.2. The molecule has 36 heavy (non-hydrogen) atoms. The second-order valence-electron chi connectivity index (χ2n) is 10.3. The molecule has 2 aliphatic rings. The number of hydrogen-bond donors (Lipinski definition) is 0. The highest BCUT2D eigenvalue weighted by molar-refractivity contribution is 6.35. The maximum absolute atomic E-state index is 2.54. The molecule has 0 amide bonds. The Kier molecular flexibility index (Phi) is 4.30. The van der Waals surface area contributed by atoms with Gasteiger partial charge in [-0.15, -0.1) is 0 Å². The zero-order valence-electron chi connectivity index (χ0n) is 20.3. The van der Waals surface area contributed by atoms with Gasteiger partial charge in [-0.2, -0.15) is 0 Å². The van der Waals surface area contributed by atoms with E-state index in [2.05, 4.69) is 108 Å². The molecule has 0 aliphatic heterocycles. The van der Waals surface area contributed by atoms with Crippen molar-refractivity contribution >= 4 is 54.9 Å². The molecule has 0 N–H and O–H groups in total. The number of allylic oxidation sites excluding steroid dienone is 5. The fourth-order valence-corrected chi connectivity index (χ4v) is 6.82. The Morgan fingerprint density at radius 2 is 1.56 bits per heavy atom. The molecule has 1 nitrogen and oxygen atoms in total. The molecule has 2 aliphatic carbocycles. The summed E-state index contributed by atoms with van der Waals surface area (Å²) in [7, 11) is 0. The smallest absolute Gasteiger partial charge is 0.0622 e. The number of para-hydroxylation sites is 1. The third kappa shape index (κ3) is 2.72. The molecule has 1 heteroatoms. The summed E-state index contributed by atoms with van der Waals surface area (Å²) >= 11 is 0. The van der Waals surface area contributed by atoms with E-state index in [-0.39, 0.29) is 0 Å². The Morgan fingerprint density at radius 3 is 2.44 bits per heavy atom. The van der Waals surface area contributed by atoms with E-state index in [4.69, 9.17) is 0 Å². The minimum absolute atomic E-state index is 0.921. The maximum atomic E-state index is 2.54. The molecule has 0 spiro atoms. The topological polar surface area (TPSA) is 4.93 Å². The van der Waals surface area contributed by atoms with Crippen molar-refractivity contribution in [2.24, 2.45) is 0 Å². The fraction of sp³-hybridized carbons (Fsp3) is 0.143. The highest BCUT2D eigenvalue weighted by atomic mass is 15.0. The van der Waals surface area contributed by atoms with Crippen molar-refractivity contribution in [2.45, 2.75) is 32.1 Å². The highest BCUT2D eigenvalue weighted by Crippen LogP contribution is 2.47. The van der Waals surface area contributed by atoms with Crippen molar-refractivity contribution in [3.63, 3.8) is 0 Å².